The van der Waals surface area contributed by atoms with Gasteiger partial charge in [0.15, 0.2) is 16.8 Å². The fourth-order valence-corrected chi connectivity index (χ4v) is 7.56. The van der Waals surface area contributed by atoms with Crippen molar-refractivity contribution < 1.29 is 14.3 Å². The standard InChI is InChI=1S/C29H34Cl2FN7O2/c1-16(21-6-5-19(30)10-22(21)31)39-25-23(35-36-39)24(29(32)7-8-29)33-27(34-25)38-14-18(15-38)17-4-3-9-37(13-17)20-11-28(2,12-20)26(40)41/h5-6,10,16-18,20H,3-4,7-9,11-15H2,1-2H3,(H,40,41)/t16-,17+,20?,28?/m1/s1. The maximum Gasteiger partial charge on any atom is 0.309 e. The topological polar surface area (TPSA) is 100 Å². The highest BCUT2D eigenvalue weighted by Crippen LogP contribution is 2.51. The molecular weight excluding hydrogens is 568 g/mol. The quantitative estimate of drug-likeness (QED) is 0.379. The summed E-state index contributed by atoms with van der Waals surface area (Å²) >= 11 is 12.6. The number of hydrogen-bond donors (Lipinski definition) is 1. The predicted molar refractivity (Wildman–Crippen MR) is 154 cm³/mol. The van der Waals surface area contributed by atoms with Gasteiger partial charge in [0.05, 0.1) is 11.5 Å². The van der Waals surface area contributed by atoms with Crippen LogP contribution in [0.5, 0.6) is 0 Å². The zero-order valence-electron chi connectivity index (χ0n) is 23.2. The van der Waals surface area contributed by atoms with Crippen molar-refractivity contribution in [2.75, 3.05) is 31.1 Å². The van der Waals surface area contributed by atoms with Crippen molar-refractivity contribution in [3.8, 4) is 0 Å². The van der Waals surface area contributed by atoms with Crippen molar-refractivity contribution in [3.05, 3.63) is 39.5 Å². The van der Waals surface area contributed by atoms with E-state index in [9.17, 15) is 9.90 Å². The SMILES string of the molecule is C[C@H](c1ccc(Cl)cc1Cl)n1nnc2c(C3(F)CC3)nc(N3CC([C@H]4CCCN(C5CC(C)(C(=O)O)C5)C4)C3)nc21. The van der Waals surface area contributed by atoms with E-state index >= 15 is 4.39 Å². The smallest absolute Gasteiger partial charge is 0.309 e. The Morgan fingerprint density at radius 1 is 1.15 bits per heavy atom. The number of carboxylic acids is 1. The van der Waals surface area contributed by atoms with E-state index in [2.05, 4.69) is 20.1 Å². The molecule has 2 atom stereocenters. The minimum atomic E-state index is -1.49. The number of hydrogen-bond acceptors (Lipinski definition) is 7. The van der Waals surface area contributed by atoms with Crippen LogP contribution in [-0.4, -0.2) is 73.2 Å². The Labute approximate surface area is 248 Å². The number of piperidine rings is 1. The Hall–Kier alpha value is -2.56. The summed E-state index contributed by atoms with van der Waals surface area (Å²) in [5.74, 6) is 0.892. The van der Waals surface area contributed by atoms with Crippen LogP contribution < -0.4 is 4.90 Å². The summed E-state index contributed by atoms with van der Waals surface area (Å²) < 4.78 is 17.2. The lowest BCUT2D eigenvalue weighted by Gasteiger charge is -2.52. The largest absolute Gasteiger partial charge is 0.481 e. The van der Waals surface area contributed by atoms with Crippen molar-refractivity contribution in [1.82, 2.24) is 29.9 Å². The number of halogens is 3. The molecule has 2 saturated heterocycles. The van der Waals surface area contributed by atoms with Crippen molar-refractivity contribution in [2.24, 2.45) is 17.3 Å². The molecule has 0 amide bonds. The van der Waals surface area contributed by atoms with E-state index in [0.717, 1.165) is 51.0 Å². The first-order chi connectivity index (χ1) is 19.5. The number of carbonyl (C=O) groups is 1. The predicted octanol–water partition coefficient (Wildman–Crippen LogP) is 5.50. The lowest BCUT2D eigenvalue weighted by Crippen LogP contribution is -2.58. The number of aliphatic carboxylic acids is 1. The molecular formula is C29H34Cl2FN7O2. The molecule has 0 bridgehead atoms. The molecule has 2 aliphatic heterocycles. The van der Waals surface area contributed by atoms with E-state index in [1.165, 1.54) is 6.42 Å². The molecule has 12 heteroatoms. The monoisotopic (exact) mass is 601 g/mol. The minimum Gasteiger partial charge on any atom is -0.481 e. The third-order valence-corrected chi connectivity index (χ3v) is 10.5. The molecule has 41 heavy (non-hydrogen) atoms. The average Bonchev–Trinajstić information content (AvgIpc) is 3.50. The molecule has 0 unspecified atom stereocenters. The van der Waals surface area contributed by atoms with Crippen molar-refractivity contribution in [2.45, 2.75) is 70.1 Å². The Balaban J connectivity index is 1.10. The maximum absolute atomic E-state index is 15.5. The second kappa shape index (κ2) is 9.74. The molecule has 4 aliphatic rings. The van der Waals surface area contributed by atoms with Gasteiger partial charge in [0.25, 0.3) is 0 Å². The first-order valence-corrected chi connectivity index (χ1v) is 15.3. The summed E-state index contributed by atoms with van der Waals surface area (Å²) in [6, 6.07) is 5.42. The molecule has 3 aromatic rings. The lowest BCUT2D eigenvalue weighted by atomic mass is 9.65. The Kier molecular flexibility index (Phi) is 6.48. The number of fused-ring (bicyclic) bond motifs is 1. The van der Waals surface area contributed by atoms with E-state index in [1.807, 2.05) is 19.9 Å². The van der Waals surface area contributed by atoms with E-state index in [1.54, 1.807) is 16.8 Å². The summed E-state index contributed by atoms with van der Waals surface area (Å²) in [6.45, 7) is 7.51. The van der Waals surface area contributed by atoms with E-state index in [-0.39, 0.29) is 6.04 Å². The minimum absolute atomic E-state index is 0.290. The number of carboxylic acid groups (broad SMARTS) is 1. The van der Waals surface area contributed by atoms with Gasteiger partial charge in [0.1, 0.15) is 5.69 Å². The van der Waals surface area contributed by atoms with E-state index < -0.39 is 17.1 Å². The zero-order valence-corrected chi connectivity index (χ0v) is 24.7. The van der Waals surface area contributed by atoms with E-state index in [0.29, 0.717) is 63.6 Å². The third kappa shape index (κ3) is 4.66. The molecule has 0 spiro atoms. The number of aromatic nitrogens is 5. The first-order valence-electron chi connectivity index (χ1n) is 14.5. The number of rotatable bonds is 7. The maximum atomic E-state index is 15.5. The lowest BCUT2D eigenvalue weighted by molar-refractivity contribution is -0.158. The van der Waals surface area contributed by atoms with Gasteiger partial charge in [-0.15, -0.1) is 5.10 Å². The molecule has 7 rings (SSSR count). The van der Waals surface area contributed by atoms with Gasteiger partial charge in [0, 0.05) is 35.7 Å². The second-order valence-electron chi connectivity index (χ2n) is 12.9. The number of anilines is 1. The van der Waals surface area contributed by atoms with Crippen LogP contribution in [0.25, 0.3) is 11.2 Å². The first kappa shape index (κ1) is 27.3. The van der Waals surface area contributed by atoms with Crippen molar-refractivity contribution in [3.63, 3.8) is 0 Å². The highest BCUT2D eigenvalue weighted by atomic mass is 35.5. The average molecular weight is 603 g/mol. The molecule has 4 heterocycles. The molecule has 9 nitrogen and oxygen atoms in total. The van der Waals surface area contributed by atoms with Crippen LogP contribution in [0.3, 0.4) is 0 Å². The Bertz CT molecular complexity index is 1520. The number of benzene rings is 1. The summed E-state index contributed by atoms with van der Waals surface area (Å²) in [7, 11) is 0. The summed E-state index contributed by atoms with van der Waals surface area (Å²) in [4.78, 5) is 25.8. The van der Waals surface area contributed by atoms with Crippen LogP contribution in [0.4, 0.5) is 10.3 Å². The second-order valence-corrected chi connectivity index (χ2v) is 13.7. The molecule has 4 fully saturated rings. The Morgan fingerprint density at radius 3 is 2.59 bits per heavy atom. The van der Waals surface area contributed by atoms with Crippen LogP contribution in [-0.2, 0) is 10.5 Å². The summed E-state index contributed by atoms with van der Waals surface area (Å²) in [5.41, 5.74) is -0.0000332. The molecule has 1 aromatic carbocycles. The van der Waals surface area contributed by atoms with Crippen LogP contribution in [0.1, 0.15) is 69.7 Å². The molecule has 0 radical (unpaired) electrons. The van der Waals surface area contributed by atoms with Crippen LogP contribution in [0.2, 0.25) is 10.0 Å². The van der Waals surface area contributed by atoms with Gasteiger partial charge in [0.2, 0.25) is 5.95 Å². The highest BCUT2D eigenvalue weighted by Gasteiger charge is 2.51. The van der Waals surface area contributed by atoms with Gasteiger partial charge >= 0.3 is 5.97 Å². The number of alkyl halides is 1. The van der Waals surface area contributed by atoms with Crippen molar-refractivity contribution >= 4 is 46.3 Å². The molecule has 2 aromatic heterocycles. The fraction of sp³-hybridized carbons (Fsp3) is 0.621. The Morgan fingerprint density at radius 2 is 1.90 bits per heavy atom. The van der Waals surface area contributed by atoms with Gasteiger partial charge in [-0.1, -0.05) is 34.5 Å². The molecule has 2 aliphatic carbocycles. The van der Waals surface area contributed by atoms with Gasteiger partial charge in [-0.05, 0) is 88.4 Å². The van der Waals surface area contributed by atoms with Crippen LogP contribution in [0.15, 0.2) is 18.2 Å². The van der Waals surface area contributed by atoms with Gasteiger partial charge in [-0.3, -0.25) is 4.79 Å². The van der Waals surface area contributed by atoms with Crippen molar-refractivity contribution in [1.29, 1.82) is 0 Å². The molecule has 1 N–H and O–H groups in total. The molecule has 2 saturated carbocycles. The zero-order chi connectivity index (χ0) is 28.7. The van der Waals surface area contributed by atoms with Crippen LogP contribution in [0, 0.1) is 17.3 Å². The van der Waals surface area contributed by atoms with Gasteiger partial charge < -0.3 is 14.9 Å². The highest BCUT2D eigenvalue weighted by molar-refractivity contribution is 6.35. The van der Waals surface area contributed by atoms with Gasteiger partial charge in [-0.2, -0.15) is 4.98 Å². The fourth-order valence-electron chi connectivity index (χ4n) is 7.00. The summed E-state index contributed by atoms with van der Waals surface area (Å²) in [6.07, 6.45) is 4.62. The normalized spacial score (nSPS) is 28.8. The van der Waals surface area contributed by atoms with Gasteiger partial charge in [-0.25, -0.2) is 14.1 Å². The summed E-state index contributed by atoms with van der Waals surface area (Å²) in [5, 5.41) is 19.3. The van der Waals surface area contributed by atoms with E-state index in [4.69, 9.17) is 33.2 Å². The third-order valence-electron chi connectivity index (χ3n) is 9.96. The number of nitrogens with zero attached hydrogens (tertiary/aromatic N) is 7. The molecule has 218 valence electrons. The van der Waals surface area contributed by atoms with Crippen LogP contribution >= 0.6 is 23.2 Å². The number of likely N-dealkylation sites (tertiary alicyclic amines) is 1.